The molecule has 1 aromatic rings. The standard InChI is InChI=1S/C10H16N4/c11-12-13-14-7-3-6-10(14)8-9-4-1-2-5-9/h3,6-7,9H,1-2,4-5,8H2,(H2,11,13). The Balaban J connectivity index is 2.03. The van der Waals surface area contributed by atoms with Crippen molar-refractivity contribution in [2.75, 3.05) is 0 Å². The second-order valence-electron chi connectivity index (χ2n) is 3.90. The molecule has 0 radical (unpaired) electrons. The first kappa shape index (κ1) is 9.24. The van der Waals surface area contributed by atoms with E-state index in [0.29, 0.717) is 0 Å². The molecule has 1 fully saturated rings. The third-order valence-corrected chi connectivity index (χ3v) is 2.93. The highest BCUT2D eigenvalue weighted by Crippen LogP contribution is 2.28. The van der Waals surface area contributed by atoms with Crippen LogP contribution in [-0.4, -0.2) is 4.68 Å². The lowest BCUT2D eigenvalue weighted by atomic mass is 10.0. The van der Waals surface area contributed by atoms with Crippen molar-refractivity contribution < 1.29 is 0 Å². The molecule has 0 saturated heterocycles. The Hall–Kier alpha value is -1.32. The lowest BCUT2D eigenvalue weighted by molar-refractivity contribution is 0.524. The number of aromatic nitrogens is 1. The third kappa shape index (κ3) is 1.95. The summed E-state index contributed by atoms with van der Waals surface area (Å²) < 4.78 is 1.76. The molecule has 4 nitrogen and oxygen atoms in total. The van der Waals surface area contributed by atoms with Crippen molar-refractivity contribution in [2.45, 2.75) is 32.1 Å². The van der Waals surface area contributed by atoms with E-state index >= 15 is 0 Å². The molecule has 0 spiro atoms. The Morgan fingerprint density at radius 1 is 1.43 bits per heavy atom. The van der Waals surface area contributed by atoms with Crippen LogP contribution in [0.5, 0.6) is 0 Å². The smallest absolute Gasteiger partial charge is 0.0440 e. The predicted octanol–water partition coefficient (Wildman–Crippen LogP) is 2.31. The van der Waals surface area contributed by atoms with Crippen LogP contribution in [0.15, 0.2) is 28.8 Å². The minimum Gasteiger partial charge on any atom is -0.303 e. The minimum atomic E-state index is 0.830. The number of nitrogens with zero attached hydrogens (tertiary/aromatic N) is 3. The van der Waals surface area contributed by atoms with Gasteiger partial charge in [0.2, 0.25) is 0 Å². The molecule has 1 saturated carbocycles. The summed E-state index contributed by atoms with van der Waals surface area (Å²) in [5.41, 5.74) is 1.21. The molecule has 1 heterocycles. The van der Waals surface area contributed by atoms with Gasteiger partial charge in [-0.25, -0.2) is 4.68 Å². The van der Waals surface area contributed by atoms with Crippen LogP contribution < -0.4 is 5.84 Å². The lowest BCUT2D eigenvalue weighted by Crippen LogP contribution is -2.03. The summed E-state index contributed by atoms with van der Waals surface area (Å²) in [6.45, 7) is 0. The van der Waals surface area contributed by atoms with Gasteiger partial charge in [-0.05, 0) is 29.7 Å². The molecule has 2 rings (SSSR count). The number of rotatable bonds is 3. The van der Waals surface area contributed by atoms with Gasteiger partial charge < -0.3 is 5.84 Å². The fraction of sp³-hybridized carbons (Fsp3) is 0.600. The van der Waals surface area contributed by atoms with E-state index in [2.05, 4.69) is 16.5 Å². The molecule has 0 aromatic carbocycles. The molecule has 4 heteroatoms. The molecular formula is C10H16N4. The van der Waals surface area contributed by atoms with E-state index in [1.165, 1.54) is 31.4 Å². The van der Waals surface area contributed by atoms with E-state index in [1.807, 2.05) is 12.3 Å². The summed E-state index contributed by atoms with van der Waals surface area (Å²) in [6, 6.07) is 4.08. The van der Waals surface area contributed by atoms with Crippen molar-refractivity contribution in [2.24, 2.45) is 22.2 Å². The number of nitrogens with two attached hydrogens (primary N) is 1. The second-order valence-corrected chi connectivity index (χ2v) is 3.90. The summed E-state index contributed by atoms with van der Waals surface area (Å²) in [4.78, 5) is 0. The normalized spacial score (nSPS) is 18.3. The summed E-state index contributed by atoms with van der Waals surface area (Å²) in [5, 5.41) is 7.13. The van der Waals surface area contributed by atoms with Crippen LogP contribution in [0.25, 0.3) is 0 Å². The zero-order chi connectivity index (χ0) is 9.80. The highest BCUT2D eigenvalue weighted by molar-refractivity contribution is 5.07. The van der Waals surface area contributed by atoms with E-state index in [9.17, 15) is 0 Å². The van der Waals surface area contributed by atoms with Gasteiger partial charge >= 0.3 is 0 Å². The van der Waals surface area contributed by atoms with Gasteiger partial charge in [-0.2, -0.15) is 0 Å². The zero-order valence-corrected chi connectivity index (χ0v) is 8.26. The number of hydrogen-bond donors (Lipinski definition) is 1. The van der Waals surface area contributed by atoms with Gasteiger partial charge in [0, 0.05) is 11.9 Å². The Kier molecular flexibility index (Phi) is 2.81. The van der Waals surface area contributed by atoms with Crippen LogP contribution in [0.3, 0.4) is 0 Å². The van der Waals surface area contributed by atoms with Gasteiger partial charge in [0.25, 0.3) is 0 Å². The predicted molar refractivity (Wildman–Crippen MR) is 54.5 cm³/mol. The molecule has 0 aliphatic heterocycles. The third-order valence-electron chi connectivity index (χ3n) is 2.93. The molecule has 0 amide bonds. The van der Waals surface area contributed by atoms with Gasteiger partial charge in [-0.3, -0.25) is 0 Å². The van der Waals surface area contributed by atoms with Crippen molar-refractivity contribution in [1.29, 1.82) is 0 Å². The second kappa shape index (κ2) is 4.26. The molecule has 14 heavy (non-hydrogen) atoms. The molecule has 76 valence electrons. The minimum absolute atomic E-state index is 0.830. The molecule has 1 aliphatic rings. The first-order chi connectivity index (χ1) is 6.90. The van der Waals surface area contributed by atoms with Crippen LogP contribution in [0, 0.1) is 5.92 Å². The molecule has 1 aromatic heterocycles. The van der Waals surface area contributed by atoms with Gasteiger partial charge in [-0.15, -0.1) is 0 Å². The van der Waals surface area contributed by atoms with Crippen molar-refractivity contribution in [3.63, 3.8) is 0 Å². The monoisotopic (exact) mass is 192 g/mol. The molecule has 0 atom stereocenters. The van der Waals surface area contributed by atoms with Gasteiger partial charge in [-0.1, -0.05) is 30.9 Å². The molecule has 0 bridgehead atoms. The van der Waals surface area contributed by atoms with E-state index < -0.39 is 0 Å². The highest BCUT2D eigenvalue weighted by Gasteiger charge is 2.16. The van der Waals surface area contributed by atoms with Crippen molar-refractivity contribution >= 4 is 0 Å². The fourth-order valence-electron chi connectivity index (χ4n) is 2.22. The van der Waals surface area contributed by atoms with Crippen molar-refractivity contribution in [3.8, 4) is 0 Å². The maximum Gasteiger partial charge on any atom is 0.0440 e. The van der Waals surface area contributed by atoms with Crippen molar-refractivity contribution in [1.82, 2.24) is 4.68 Å². The van der Waals surface area contributed by atoms with Crippen LogP contribution in [0.1, 0.15) is 31.4 Å². The zero-order valence-electron chi connectivity index (χ0n) is 8.26. The van der Waals surface area contributed by atoms with Crippen LogP contribution in [-0.2, 0) is 6.42 Å². The highest BCUT2D eigenvalue weighted by atomic mass is 15.5. The average molecular weight is 192 g/mol. The number of hydrogen-bond acceptors (Lipinski definition) is 2. The summed E-state index contributed by atoms with van der Waals surface area (Å²) >= 11 is 0. The summed E-state index contributed by atoms with van der Waals surface area (Å²) in [7, 11) is 0. The van der Waals surface area contributed by atoms with E-state index in [-0.39, 0.29) is 0 Å². The molecular weight excluding hydrogens is 176 g/mol. The average Bonchev–Trinajstić information content (AvgIpc) is 2.80. The molecule has 2 N–H and O–H groups in total. The first-order valence-electron chi connectivity index (χ1n) is 5.17. The van der Waals surface area contributed by atoms with Crippen LogP contribution >= 0.6 is 0 Å². The molecule has 0 unspecified atom stereocenters. The van der Waals surface area contributed by atoms with Gasteiger partial charge in [0.1, 0.15) is 0 Å². The quantitative estimate of drug-likeness (QED) is 0.446. The van der Waals surface area contributed by atoms with Gasteiger partial charge in [0.05, 0.1) is 0 Å². The summed E-state index contributed by atoms with van der Waals surface area (Å²) in [5.74, 6) is 5.86. The van der Waals surface area contributed by atoms with Crippen LogP contribution in [0.2, 0.25) is 0 Å². The topological polar surface area (TPSA) is 55.7 Å². The fourth-order valence-corrected chi connectivity index (χ4v) is 2.22. The van der Waals surface area contributed by atoms with E-state index in [1.54, 1.807) is 4.68 Å². The summed E-state index contributed by atoms with van der Waals surface area (Å²) in [6.07, 6.45) is 8.45. The van der Waals surface area contributed by atoms with E-state index in [4.69, 9.17) is 5.84 Å². The maximum absolute atomic E-state index is 5.03. The SMILES string of the molecule is N/N=N/n1cccc1CC1CCCC1. The molecule has 1 aliphatic carbocycles. The Morgan fingerprint density at radius 2 is 2.21 bits per heavy atom. The lowest BCUT2D eigenvalue weighted by Gasteiger charge is -2.08. The Morgan fingerprint density at radius 3 is 2.93 bits per heavy atom. The first-order valence-corrected chi connectivity index (χ1v) is 5.17. The Bertz CT molecular complexity index is 310. The van der Waals surface area contributed by atoms with E-state index in [0.717, 1.165) is 12.3 Å². The largest absolute Gasteiger partial charge is 0.303 e. The maximum atomic E-state index is 5.03. The van der Waals surface area contributed by atoms with Gasteiger partial charge in [0.15, 0.2) is 0 Å². The van der Waals surface area contributed by atoms with Crippen LogP contribution in [0.4, 0.5) is 0 Å². The Labute approximate surface area is 83.8 Å². The van der Waals surface area contributed by atoms with Crippen molar-refractivity contribution in [3.05, 3.63) is 24.0 Å².